The van der Waals surface area contributed by atoms with Crippen LogP contribution in [-0.2, 0) is 6.54 Å². The third-order valence-electron chi connectivity index (χ3n) is 2.93. The van der Waals surface area contributed by atoms with E-state index in [0.717, 1.165) is 27.4 Å². The fourth-order valence-corrected chi connectivity index (χ4v) is 2.63. The molecule has 1 heterocycles. The van der Waals surface area contributed by atoms with Gasteiger partial charge in [-0.3, -0.25) is 0 Å². The summed E-state index contributed by atoms with van der Waals surface area (Å²) < 4.78 is 4.22. The average Bonchev–Trinajstić information content (AvgIpc) is 2.73. The second-order valence-corrected chi connectivity index (χ2v) is 5.46. The van der Waals surface area contributed by atoms with Crippen molar-refractivity contribution >= 4 is 23.2 Å². The van der Waals surface area contributed by atoms with Crippen molar-refractivity contribution in [2.75, 3.05) is 5.32 Å². The maximum Gasteiger partial charge on any atom is 0.336 e. The van der Waals surface area contributed by atoms with Crippen molar-refractivity contribution in [3.8, 4) is 0 Å². The van der Waals surface area contributed by atoms with Crippen molar-refractivity contribution in [1.82, 2.24) is 4.37 Å². The topological polar surface area (TPSA) is 62.2 Å². The number of nitrogens with zero attached hydrogens (tertiary/aromatic N) is 1. The molecule has 2 rings (SSSR count). The third kappa shape index (κ3) is 3.12. The number of benzene rings is 1. The van der Waals surface area contributed by atoms with Gasteiger partial charge in [-0.15, -0.1) is 0 Å². The molecule has 0 aliphatic carbocycles. The molecule has 0 aliphatic heterocycles. The number of aryl methyl sites for hydroxylation is 3. The number of rotatable bonds is 4. The minimum Gasteiger partial charge on any atom is -0.478 e. The second-order valence-electron chi connectivity index (χ2n) is 4.58. The summed E-state index contributed by atoms with van der Waals surface area (Å²) in [6, 6.07) is 5.61. The summed E-state index contributed by atoms with van der Waals surface area (Å²) in [4.78, 5) is 12.3. The molecule has 0 unspecified atom stereocenters. The summed E-state index contributed by atoms with van der Waals surface area (Å²) in [5.74, 6) is -0.894. The molecule has 0 spiro atoms. The monoisotopic (exact) mass is 276 g/mol. The van der Waals surface area contributed by atoms with Gasteiger partial charge in [-0.2, -0.15) is 4.37 Å². The first-order chi connectivity index (χ1) is 8.97. The van der Waals surface area contributed by atoms with E-state index in [1.54, 1.807) is 6.07 Å². The third-order valence-corrected chi connectivity index (χ3v) is 3.81. The van der Waals surface area contributed by atoms with E-state index in [4.69, 9.17) is 5.11 Å². The van der Waals surface area contributed by atoms with Gasteiger partial charge in [0.05, 0.1) is 17.8 Å². The van der Waals surface area contributed by atoms with Gasteiger partial charge < -0.3 is 10.4 Å². The summed E-state index contributed by atoms with van der Waals surface area (Å²) in [5, 5.41) is 12.4. The highest BCUT2D eigenvalue weighted by molar-refractivity contribution is 7.05. The van der Waals surface area contributed by atoms with Gasteiger partial charge in [0.1, 0.15) is 0 Å². The molecule has 2 N–H and O–H groups in total. The molecule has 1 aromatic heterocycles. The Balaban J connectivity index is 2.20. The van der Waals surface area contributed by atoms with Gasteiger partial charge in [0.25, 0.3) is 0 Å². The van der Waals surface area contributed by atoms with Crippen molar-refractivity contribution in [2.45, 2.75) is 27.3 Å². The molecule has 5 heteroatoms. The summed E-state index contributed by atoms with van der Waals surface area (Å²) >= 11 is 1.46. The molecule has 0 aliphatic rings. The van der Waals surface area contributed by atoms with Crippen molar-refractivity contribution in [2.24, 2.45) is 0 Å². The lowest BCUT2D eigenvalue weighted by atomic mass is 10.0. The van der Waals surface area contributed by atoms with E-state index in [2.05, 4.69) is 9.69 Å². The fourth-order valence-electron chi connectivity index (χ4n) is 1.96. The first-order valence-electron chi connectivity index (χ1n) is 5.98. The van der Waals surface area contributed by atoms with E-state index >= 15 is 0 Å². The minimum absolute atomic E-state index is 0.341. The van der Waals surface area contributed by atoms with Crippen molar-refractivity contribution in [3.63, 3.8) is 0 Å². The Morgan fingerprint density at radius 3 is 2.58 bits per heavy atom. The molecular weight excluding hydrogens is 260 g/mol. The number of aromatic nitrogens is 1. The highest BCUT2D eigenvalue weighted by atomic mass is 32.1. The maximum absolute atomic E-state index is 11.1. The zero-order valence-electron chi connectivity index (χ0n) is 11.2. The number of carbonyl (C=O) groups is 1. The molecule has 0 amide bonds. The van der Waals surface area contributed by atoms with Crippen LogP contribution in [0.1, 0.15) is 32.1 Å². The van der Waals surface area contributed by atoms with Crippen LogP contribution < -0.4 is 5.32 Å². The van der Waals surface area contributed by atoms with Gasteiger partial charge >= 0.3 is 5.97 Å². The number of nitrogens with one attached hydrogen (secondary N) is 1. The number of carboxylic acids is 1. The Morgan fingerprint density at radius 2 is 2.00 bits per heavy atom. The molecule has 19 heavy (non-hydrogen) atoms. The largest absolute Gasteiger partial charge is 0.478 e. The van der Waals surface area contributed by atoms with Gasteiger partial charge in [-0.25, -0.2) is 4.79 Å². The Kier molecular flexibility index (Phi) is 3.85. The van der Waals surface area contributed by atoms with E-state index in [9.17, 15) is 4.79 Å². The standard InChI is InChI=1S/C14H16N2O2S/c1-8-4-9(2)13(6-12(8)14(17)18)15-7-11-5-10(3)16-19-11/h4-6,15H,7H2,1-3H3,(H,17,18). The second kappa shape index (κ2) is 5.40. The Labute approximate surface area is 116 Å². The zero-order valence-corrected chi connectivity index (χ0v) is 12.0. The zero-order chi connectivity index (χ0) is 14.0. The van der Waals surface area contributed by atoms with E-state index in [-0.39, 0.29) is 0 Å². The van der Waals surface area contributed by atoms with Crippen molar-refractivity contribution in [1.29, 1.82) is 0 Å². The first-order valence-corrected chi connectivity index (χ1v) is 6.75. The quantitative estimate of drug-likeness (QED) is 0.898. The smallest absolute Gasteiger partial charge is 0.336 e. The minimum atomic E-state index is -0.894. The number of carboxylic acid groups (broad SMARTS) is 1. The fraction of sp³-hybridized carbons (Fsp3) is 0.286. The molecule has 0 saturated carbocycles. The van der Waals surface area contributed by atoms with Crippen LogP contribution in [0, 0.1) is 20.8 Å². The predicted octanol–water partition coefficient (Wildman–Crippen LogP) is 3.38. The van der Waals surface area contributed by atoms with Crippen LogP contribution in [0.4, 0.5) is 5.69 Å². The van der Waals surface area contributed by atoms with E-state index in [0.29, 0.717) is 12.1 Å². The van der Waals surface area contributed by atoms with Crippen LogP contribution in [0.2, 0.25) is 0 Å². The van der Waals surface area contributed by atoms with Crippen LogP contribution >= 0.6 is 11.5 Å². The van der Waals surface area contributed by atoms with Gasteiger partial charge in [0.2, 0.25) is 0 Å². The number of anilines is 1. The SMILES string of the molecule is Cc1cc(CNc2cc(C(=O)O)c(C)cc2C)sn1. The van der Waals surface area contributed by atoms with E-state index in [1.165, 1.54) is 11.5 Å². The molecule has 0 radical (unpaired) electrons. The highest BCUT2D eigenvalue weighted by Crippen LogP contribution is 2.22. The first kappa shape index (κ1) is 13.5. The molecule has 1 aromatic carbocycles. The van der Waals surface area contributed by atoms with Gasteiger partial charge in [-0.1, -0.05) is 6.07 Å². The summed E-state index contributed by atoms with van der Waals surface area (Å²) in [6.45, 7) is 6.40. The van der Waals surface area contributed by atoms with Gasteiger partial charge in [0, 0.05) is 10.6 Å². The summed E-state index contributed by atoms with van der Waals surface area (Å²) in [6.07, 6.45) is 0. The Bertz CT molecular complexity index is 620. The summed E-state index contributed by atoms with van der Waals surface area (Å²) in [7, 11) is 0. The molecule has 0 bridgehead atoms. The van der Waals surface area contributed by atoms with Crippen LogP contribution in [0.3, 0.4) is 0 Å². The molecule has 0 atom stereocenters. The molecule has 2 aromatic rings. The van der Waals surface area contributed by atoms with Crippen LogP contribution in [0.25, 0.3) is 0 Å². The molecule has 4 nitrogen and oxygen atoms in total. The van der Waals surface area contributed by atoms with Crippen LogP contribution in [0.5, 0.6) is 0 Å². The number of hydrogen-bond donors (Lipinski definition) is 2. The maximum atomic E-state index is 11.1. The molecular formula is C14H16N2O2S. The Hall–Kier alpha value is -1.88. The highest BCUT2D eigenvalue weighted by Gasteiger charge is 2.10. The molecule has 0 fully saturated rings. The van der Waals surface area contributed by atoms with Crippen LogP contribution in [-0.4, -0.2) is 15.4 Å². The van der Waals surface area contributed by atoms with Gasteiger partial charge in [-0.05, 0) is 55.6 Å². The lowest BCUT2D eigenvalue weighted by Gasteiger charge is -2.11. The Morgan fingerprint density at radius 1 is 1.26 bits per heavy atom. The summed E-state index contributed by atoms with van der Waals surface area (Å²) in [5.41, 5.74) is 4.03. The van der Waals surface area contributed by atoms with Gasteiger partial charge in [0.15, 0.2) is 0 Å². The van der Waals surface area contributed by atoms with E-state index in [1.807, 2.05) is 32.9 Å². The lowest BCUT2D eigenvalue weighted by molar-refractivity contribution is 0.0696. The molecule has 100 valence electrons. The number of aromatic carboxylic acids is 1. The van der Waals surface area contributed by atoms with Crippen molar-refractivity contribution < 1.29 is 9.90 Å². The van der Waals surface area contributed by atoms with E-state index < -0.39 is 5.97 Å². The number of hydrogen-bond acceptors (Lipinski definition) is 4. The molecule has 0 saturated heterocycles. The van der Waals surface area contributed by atoms with Crippen molar-refractivity contribution in [3.05, 3.63) is 45.5 Å². The normalized spacial score (nSPS) is 10.5. The van der Waals surface area contributed by atoms with Crippen LogP contribution in [0.15, 0.2) is 18.2 Å². The predicted molar refractivity (Wildman–Crippen MR) is 77.1 cm³/mol. The lowest BCUT2D eigenvalue weighted by Crippen LogP contribution is -2.05. The average molecular weight is 276 g/mol.